The van der Waals surface area contributed by atoms with Crippen LogP contribution in [0, 0.1) is 12.1 Å². The van der Waals surface area contributed by atoms with E-state index < -0.39 is 0 Å². The Morgan fingerprint density at radius 1 is 0.893 bits per heavy atom. The number of hydrogen-bond acceptors (Lipinski definition) is 1. The molecule has 148 valence electrons. The summed E-state index contributed by atoms with van der Waals surface area (Å²) in [6.45, 7) is 11.9. The van der Waals surface area contributed by atoms with E-state index in [1.165, 1.54) is 0 Å². The predicted molar refractivity (Wildman–Crippen MR) is 112 cm³/mol. The number of rotatable bonds is 2. The SMILES string of the molecule is CC(C)(C)N=C([NH-])c1[c-]cccc1.CC(C)(C)NC(=[N-])c1[c-]cccc1.[W+2].[W+2]. The van der Waals surface area contributed by atoms with Gasteiger partial charge in [-0.15, -0.1) is 60.7 Å². The van der Waals surface area contributed by atoms with Gasteiger partial charge in [0.1, 0.15) is 0 Å². The Balaban J connectivity index is 0. The van der Waals surface area contributed by atoms with Crippen molar-refractivity contribution in [2.24, 2.45) is 4.99 Å². The molecule has 6 heteroatoms. The maximum atomic E-state index is 9.63. The molecule has 0 spiro atoms. The standard InChI is InChI=1S/2C11H14N2.2W/c2*1-11(2,3)13-10(12)9-7-5-4-6-8-9;;/h2*4-7H,1-3H3,(H-,12,13);;/q2*-2;2*+2. The number of hydrogen-bond donors (Lipinski definition) is 1. The summed E-state index contributed by atoms with van der Waals surface area (Å²) in [6.07, 6.45) is 0. The van der Waals surface area contributed by atoms with Crippen LogP contribution in [0.3, 0.4) is 0 Å². The summed E-state index contributed by atoms with van der Waals surface area (Å²) in [6, 6.07) is 20.6. The van der Waals surface area contributed by atoms with E-state index in [0.717, 1.165) is 5.56 Å². The first-order valence-corrected chi connectivity index (χ1v) is 8.58. The molecule has 28 heavy (non-hydrogen) atoms. The molecule has 0 heterocycles. The fourth-order valence-corrected chi connectivity index (χ4v) is 1.90. The Kier molecular flexibility index (Phi) is 13.5. The second-order valence-electron chi connectivity index (χ2n) is 7.91. The van der Waals surface area contributed by atoms with Crippen LogP contribution in [0.15, 0.2) is 53.5 Å². The van der Waals surface area contributed by atoms with E-state index in [0.29, 0.717) is 11.4 Å². The summed E-state index contributed by atoms with van der Waals surface area (Å²) in [7, 11) is 0. The molecule has 0 bridgehead atoms. The fourth-order valence-electron chi connectivity index (χ4n) is 1.90. The first-order valence-electron chi connectivity index (χ1n) is 8.58. The maximum absolute atomic E-state index is 9.63. The van der Waals surface area contributed by atoms with Crippen molar-refractivity contribution in [2.45, 2.75) is 52.6 Å². The topological polar surface area (TPSA) is 70.5 Å². The summed E-state index contributed by atoms with van der Waals surface area (Å²) in [4.78, 5) is 4.23. The van der Waals surface area contributed by atoms with Crippen molar-refractivity contribution in [1.29, 1.82) is 0 Å². The van der Waals surface area contributed by atoms with Gasteiger partial charge in [-0.2, -0.15) is 22.8 Å². The van der Waals surface area contributed by atoms with Gasteiger partial charge in [0, 0.05) is 0 Å². The second-order valence-corrected chi connectivity index (χ2v) is 7.91. The fraction of sp³-hybridized carbons (Fsp3) is 0.364. The molecule has 0 atom stereocenters. The van der Waals surface area contributed by atoms with Gasteiger partial charge in [-0.05, 0) is 11.1 Å². The van der Waals surface area contributed by atoms with Crippen LogP contribution in [-0.4, -0.2) is 22.7 Å². The Morgan fingerprint density at radius 3 is 1.71 bits per heavy atom. The van der Waals surface area contributed by atoms with Crippen LogP contribution in [0.1, 0.15) is 52.7 Å². The van der Waals surface area contributed by atoms with Crippen LogP contribution >= 0.6 is 0 Å². The van der Waals surface area contributed by atoms with Crippen molar-refractivity contribution in [3.8, 4) is 0 Å². The number of amidine groups is 2. The van der Waals surface area contributed by atoms with E-state index in [4.69, 9.17) is 5.73 Å². The summed E-state index contributed by atoms with van der Waals surface area (Å²) in [5.74, 6) is 0.473. The normalized spacial score (nSPS) is 11.1. The van der Waals surface area contributed by atoms with Crippen LogP contribution in [0.4, 0.5) is 0 Å². The third-order valence-electron chi connectivity index (χ3n) is 2.87. The van der Waals surface area contributed by atoms with Gasteiger partial charge in [0.2, 0.25) is 0 Å². The van der Waals surface area contributed by atoms with Gasteiger partial charge in [0.15, 0.2) is 0 Å². The van der Waals surface area contributed by atoms with Crippen molar-refractivity contribution in [2.75, 3.05) is 0 Å². The van der Waals surface area contributed by atoms with Crippen LogP contribution in [0.2, 0.25) is 0 Å². The van der Waals surface area contributed by atoms with Gasteiger partial charge in [-0.1, -0.05) is 41.5 Å². The first-order chi connectivity index (χ1) is 12.0. The zero-order valence-corrected chi connectivity index (χ0v) is 23.2. The minimum Gasteiger partial charge on any atom is -0.527 e. The molecule has 0 radical (unpaired) electrons. The van der Waals surface area contributed by atoms with E-state index in [1.54, 1.807) is 12.1 Å². The van der Waals surface area contributed by atoms with Crippen LogP contribution in [0.5, 0.6) is 0 Å². The molecule has 0 aliphatic rings. The Morgan fingerprint density at radius 2 is 1.36 bits per heavy atom. The predicted octanol–water partition coefficient (Wildman–Crippen LogP) is 5.27. The molecule has 0 aliphatic carbocycles. The Hall–Kier alpha value is -1.24. The molecule has 0 fully saturated rings. The van der Waals surface area contributed by atoms with Gasteiger partial charge in [-0.3, -0.25) is 0 Å². The molecule has 0 unspecified atom stereocenters. The number of nitrogens with zero attached hydrogens (tertiary/aromatic N) is 2. The van der Waals surface area contributed by atoms with Crippen molar-refractivity contribution >= 4 is 11.7 Å². The van der Waals surface area contributed by atoms with Crippen LogP contribution in [0.25, 0.3) is 11.1 Å². The van der Waals surface area contributed by atoms with E-state index in [2.05, 4.69) is 22.4 Å². The van der Waals surface area contributed by atoms with E-state index in [-0.39, 0.29) is 59.0 Å². The summed E-state index contributed by atoms with van der Waals surface area (Å²) in [5, 5.41) is 12.6. The van der Waals surface area contributed by atoms with Gasteiger partial charge in [0.25, 0.3) is 0 Å². The molecule has 4 nitrogen and oxygen atoms in total. The zero-order chi connectivity index (χ0) is 19.8. The molecular weight excluding hydrogens is 688 g/mol. The smallest absolute Gasteiger partial charge is 0.527 e. The van der Waals surface area contributed by atoms with Crippen molar-refractivity contribution in [3.63, 3.8) is 0 Å². The summed E-state index contributed by atoms with van der Waals surface area (Å²) in [5.41, 5.74) is 8.80. The molecule has 0 aromatic heterocycles. The average molecular weight is 716 g/mol. The summed E-state index contributed by atoms with van der Waals surface area (Å²) >= 11 is 0. The van der Waals surface area contributed by atoms with E-state index in [1.807, 2.05) is 77.9 Å². The molecule has 2 aromatic rings. The monoisotopic (exact) mass is 716 g/mol. The molecule has 0 amide bonds. The maximum Gasteiger partial charge on any atom is 2.00 e. The molecule has 0 saturated carbocycles. The third kappa shape index (κ3) is 13.0. The van der Waals surface area contributed by atoms with E-state index >= 15 is 0 Å². The van der Waals surface area contributed by atoms with Crippen molar-refractivity contribution in [3.05, 3.63) is 82.9 Å². The third-order valence-corrected chi connectivity index (χ3v) is 2.87. The van der Waals surface area contributed by atoms with Gasteiger partial charge < -0.3 is 21.5 Å². The van der Waals surface area contributed by atoms with Crippen LogP contribution in [-0.2, 0) is 42.1 Å². The first kappa shape index (κ1) is 29.0. The van der Waals surface area contributed by atoms with Gasteiger partial charge in [-0.25, -0.2) is 0 Å². The Bertz CT molecular complexity index is 716. The molecule has 0 aliphatic heterocycles. The quantitative estimate of drug-likeness (QED) is 0.257. The largest absolute Gasteiger partial charge is 2.00 e. The second kappa shape index (κ2) is 13.1. The molecule has 0 saturated heterocycles. The number of benzene rings is 2. The Labute approximate surface area is 198 Å². The van der Waals surface area contributed by atoms with Crippen LogP contribution < -0.4 is 5.32 Å². The number of aliphatic imine (C=N–C) groups is 1. The van der Waals surface area contributed by atoms with Crippen molar-refractivity contribution in [1.82, 2.24) is 5.32 Å². The molecule has 2 N–H and O–H groups in total. The van der Waals surface area contributed by atoms with Gasteiger partial charge >= 0.3 is 42.1 Å². The molecule has 2 aromatic carbocycles. The molecule has 2 rings (SSSR count). The minimum absolute atomic E-state index is 0. The van der Waals surface area contributed by atoms with Gasteiger partial charge in [0.05, 0.1) is 0 Å². The average Bonchev–Trinajstić information content (AvgIpc) is 2.54. The number of nitrogens with one attached hydrogen (secondary N) is 2. The molecular formula is C22H28N4W2. The summed E-state index contributed by atoms with van der Waals surface area (Å²) < 4.78 is 0. The van der Waals surface area contributed by atoms with E-state index in [9.17, 15) is 5.41 Å². The van der Waals surface area contributed by atoms with Crippen molar-refractivity contribution < 1.29 is 42.1 Å². The minimum atomic E-state index is -0.194. The zero-order valence-electron chi connectivity index (χ0n) is 17.3.